The molecule has 0 aromatic heterocycles. The van der Waals surface area contributed by atoms with Crippen LogP contribution >= 0.6 is 0 Å². The first-order chi connectivity index (χ1) is 6.17. The van der Waals surface area contributed by atoms with Crippen LogP contribution in [0.3, 0.4) is 0 Å². The summed E-state index contributed by atoms with van der Waals surface area (Å²) in [6, 6.07) is 0. The Hall–Kier alpha value is -0.570. The number of rotatable bonds is 6. The highest BCUT2D eigenvalue weighted by Gasteiger charge is 2.25. The molecule has 1 N–H and O–H groups in total. The second-order valence-corrected chi connectivity index (χ2v) is 3.12. The molecule has 13 heavy (non-hydrogen) atoms. The summed E-state index contributed by atoms with van der Waals surface area (Å²) < 4.78 is 4.88. The Balaban J connectivity index is 4.13. The van der Waals surface area contributed by atoms with Crippen molar-refractivity contribution < 1.29 is 14.6 Å². The van der Waals surface area contributed by atoms with Gasteiger partial charge in [0.1, 0.15) is 0 Å². The number of hydrogen-bond donors (Lipinski definition) is 1. The highest BCUT2D eigenvalue weighted by atomic mass is 16.5. The van der Waals surface area contributed by atoms with Gasteiger partial charge < -0.3 is 9.84 Å². The molecule has 2 unspecified atom stereocenters. The zero-order chi connectivity index (χ0) is 10.3. The van der Waals surface area contributed by atoms with Gasteiger partial charge in [0.25, 0.3) is 0 Å². The van der Waals surface area contributed by atoms with Crippen molar-refractivity contribution >= 4 is 5.97 Å². The highest BCUT2D eigenvalue weighted by molar-refractivity contribution is 5.73. The molecule has 0 fully saturated rings. The monoisotopic (exact) mass is 188 g/mol. The molecule has 0 heterocycles. The average Bonchev–Trinajstić information content (AvgIpc) is 2.13. The minimum atomic E-state index is -0.556. The zero-order valence-corrected chi connectivity index (χ0v) is 8.75. The van der Waals surface area contributed by atoms with Gasteiger partial charge in [-0.2, -0.15) is 0 Å². The molecule has 0 amide bonds. The minimum absolute atomic E-state index is 0.265. The predicted octanol–water partition coefficient (Wildman–Crippen LogP) is 1.74. The lowest BCUT2D eigenvalue weighted by atomic mass is 9.95. The first-order valence-electron chi connectivity index (χ1n) is 5.01. The smallest absolute Gasteiger partial charge is 0.311 e. The fourth-order valence-corrected chi connectivity index (χ4v) is 1.31. The normalized spacial score (nSPS) is 15.1. The van der Waals surface area contributed by atoms with Crippen LogP contribution in [-0.2, 0) is 9.53 Å². The van der Waals surface area contributed by atoms with E-state index in [-0.39, 0.29) is 11.9 Å². The van der Waals surface area contributed by atoms with Crippen LogP contribution in [0.25, 0.3) is 0 Å². The summed E-state index contributed by atoms with van der Waals surface area (Å²) in [5.41, 5.74) is 0. The summed E-state index contributed by atoms with van der Waals surface area (Å²) >= 11 is 0. The number of hydrogen-bond acceptors (Lipinski definition) is 3. The summed E-state index contributed by atoms with van der Waals surface area (Å²) in [5, 5.41) is 9.55. The van der Waals surface area contributed by atoms with E-state index in [0.29, 0.717) is 19.4 Å². The van der Waals surface area contributed by atoms with Gasteiger partial charge in [-0.3, -0.25) is 4.79 Å². The van der Waals surface area contributed by atoms with E-state index in [0.717, 1.165) is 6.42 Å². The Labute approximate surface area is 80.1 Å². The van der Waals surface area contributed by atoms with Crippen LogP contribution in [0.1, 0.15) is 40.0 Å². The molecular weight excluding hydrogens is 168 g/mol. The maximum Gasteiger partial charge on any atom is 0.311 e. The molecule has 0 spiro atoms. The van der Waals surface area contributed by atoms with Gasteiger partial charge in [-0.15, -0.1) is 0 Å². The number of aliphatic hydroxyl groups is 1. The van der Waals surface area contributed by atoms with Gasteiger partial charge in [0.05, 0.1) is 18.6 Å². The molecule has 78 valence electrons. The molecular formula is C10H20O3. The van der Waals surface area contributed by atoms with Gasteiger partial charge in [-0.1, -0.05) is 20.3 Å². The van der Waals surface area contributed by atoms with Crippen molar-refractivity contribution in [1.29, 1.82) is 0 Å². The summed E-state index contributed by atoms with van der Waals surface area (Å²) in [6.07, 6.45) is 1.64. The molecule has 0 rings (SSSR count). The van der Waals surface area contributed by atoms with Crippen LogP contribution < -0.4 is 0 Å². The van der Waals surface area contributed by atoms with E-state index in [9.17, 15) is 9.90 Å². The number of carbonyl (C=O) groups is 1. The van der Waals surface area contributed by atoms with E-state index in [1.807, 2.05) is 13.8 Å². The van der Waals surface area contributed by atoms with E-state index in [4.69, 9.17) is 4.74 Å². The van der Waals surface area contributed by atoms with Crippen LogP contribution in [0.4, 0.5) is 0 Å². The Morgan fingerprint density at radius 1 is 1.38 bits per heavy atom. The molecule has 0 bridgehead atoms. The molecule has 0 aromatic rings. The number of carbonyl (C=O) groups excluding carboxylic acids is 1. The number of aliphatic hydroxyl groups excluding tert-OH is 1. The largest absolute Gasteiger partial charge is 0.466 e. The molecule has 0 aliphatic heterocycles. The van der Waals surface area contributed by atoms with E-state index >= 15 is 0 Å². The molecule has 0 saturated carbocycles. The maximum absolute atomic E-state index is 11.4. The van der Waals surface area contributed by atoms with Crippen LogP contribution in [0.5, 0.6) is 0 Å². The maximum atomic E-state index is 11.4. The third-order valence-electron chi connectivity index (χ3n) is 2.07. The van der Waals surface area contributed by atoms with Crippen molar-refractivity contribution in [3.63, 3.8) is 0 Å². The Morgan fingerprint density at radius 3 is 2.38 bits per heavy atom. The van der Waals surface area contributed by atoms with Crippen molar-refractivity contribution in [2.45, 2.75) is 46.1 Å². The van der Waals surface area contributed by atoms with Crippen LogP contribution in [0, 0.1) is 5.92 Å². The van der Waals surface area contributed by atoms with Gasteiger partial charge >= 0.3 is 5.97 Å². The fourth-order valence-electron chi connectivity index (χ4n) is 1.31. The molecule has 0 aromatic carbocycles. The average molecular weight is 188 g/mol. The topological polar surface area (TPSA) is 46.5 Å². The standard InChI is InChI=1S/C10H20O3/c1-4-7-8(9(11)5-2)10(12)13-6-3/h8-9,11H,4-7H2,1-3H3. The van der Waals surface area contributed by atoms with Crippen molar-refractivity contribution in [3.8, 4) is 0 Å². The quantitative estimate of drug-likeness (QED) is 0.646. The summed E-state index contributed by atoms with van der Waals surface area (Å²) in [5.74, 6) is -0.603. The molecule has 0 saturated heterocycles. The van der Waals surface area contributed by atoms with Gasteiger partial charge in [0.15, 0.2) is 0 Å². The Kier molecular flexibility index (Phi) is 6.59. The molecule has 0 aliphatic rings. The lowest BCUT2D eigenvalue weighted by Gasteiger charge is -2.19. The van der Waals surface area contributed by atoms with E-state index in [2.05, 4.69) is 0 Å². The van der Waals surface area contributed by atoms with Gasteiger partial charge in [0.2, 0.25) is 0 Å². The van der Waals surface area contributed by atoms with Gasteiger partial charge in [-0.25, -0.2) is 0 Å². The lowest BCUT2D eigenvalue weighted by molar-refractivity contribution is -0.152. The highest BCUT2D eigenvalue weighted by Crippen LogP contribution is 2.15. The van der Waals surface area contributed by atoms with Crippen molar-refractivity contribution in [3.05, 3.63) is 0 Å². The molecule has 3 heteroatoms. The molecule has 0 radical (unpaired) electrons. The molecule has 3 nitrogen and oxygen atoms in total. The second kappa shape index (κ2) is 6.89. The van der Waals surface area contributed by atoms with E-state index in [1.165, 1.54) is 0 Å². The van der Waals surface area contributed by atoms with Gasteiger partial charge in [0, 0.05) is 0 Å². The minimum Gasteiger partial charge on any atom is -0.466 e. The first kappa shape index (κ1) is 12.4. The van der Waals surface area contributed by atoms with Crippen molar-refractivity contribution in [2.75, 3.05) is 6.61 Å². The SMILES string of the molecule is CCCC(C(=O)OCC)C(O)CC. The predicted molar refractivity (Wildman–Crippen MR) is 51.3 cm³/mol. The van der Waals surface area contributed by atoms with Crippen LogP contribution in [0.2, 0.25) is 0 Å². The first-order valence-corrected chi connectivity index (χ1v) is 5.01. The second-order valence-electron chi connectivity index (χ2n) is 3.12. The number of esters is 1. The molecule has 0 aliphatic carbocycles. The summed E-state index contributed by atoms with van der Waals surface area (Å²) in [6.45, 7) is 6.02. The van der Waals surface area contributed by atoms with E-state index in [1.54, 1.807) is 6.92 Å². The van der Waals surface area contributed by atoms with Crippen LogP contribution in [-0.4, -0.2) is 23.8 Å². The summed E-state index contributed by atoms with van der Waals surface area (Å²) in [7, 11) is 0. The fraction of sp³-hybridized carbons (Fsp3) is 0.900. The number of ether oxygens (including phenoxy) is 1. The third kappa shape index (κ3) is 4.27. The van der Waals surface area contributed by atoms with Crippen molar-refractivity contribution in [1.82, 2.24) is 0 Å². The lowest BCUT2D eigenvalue weighted by Crippen LogP contribution is -2.29. The van der Waals surface area contributed by atoms with Crippen molar-refractivity contribution in [2.24, 2.45) is 5.92 Å². The summed E-state index contributed by atoms with van der Waals surface area (Å²) in [4.78, 5) is 11.4. The third-order valence-corrected chi connectivity index (χ3v) is 2.07. The zero-order valence-electron chi connectivity index (χ0n) is 8.75. The Bertz CT molecular complexity index is 145. The van der Waals surface area contributed by atoms with Crippen LogP contribution in [0.15, 0.2) is 0 Å². The van der Waals surface area contributed by atoms with E-state index < -0.39 is 6.10 Å². The van der Waals surface area contributed by atoms with Gasteiger partial charge in [-0.05, 0) is 19.8 Å². The molecule has 2 atom stereocenters. The Morgan fingerprint density at radius 2 is 2.00 bits per heavy atom.